The standard InChI is InChI=1S/C15H15Cl2FN2/c1-2-20-15(7-10-5-6-19-9-13(10)17)12-8-11(16)3-4-14(12)18/h3-6,8-9,15,20H,2,7H2,1H3. The van der Waals surface area contributed by atoms with E-state index in [0.29, 0.717) is 22.0 Å². The van der Waals surface area contributed by atoms with E-state index >= 15 is 0 Å². The Labute approximate surface area is 127 Å². The van der Waals surface area contributed by atoms with E-state index in [-0.39, 0.29) is 11.9 Å². The van der Waals surface area contributed by atoms with Crippen molar-refractivity contribution >= 4 is 23.2 Å². The molecule has 0 bridgehead atoms. The van der Waals surface area contributed by atoms with Crippen molar-refractivity contribution in [2.45, 2.75) is 19.4 Å². The lowest BCUT2D eigenvalue weighted by molar-refractivity contribution is 0.510. The van der Waals surface area contributed by atoms with Crippen LogP contribution in [0.25, 0.3) is 0 Å². The van der Waals surface area contributed by atoms with E-state index in [4.69, 9.17) is 23.2 Å². The number of nitrogens with one attached hydrogen (secondary N) is 1. The molecule has 1 aromatic carbocycles. The van der Waals surface area contributed by atoms with Crippen LogP contribution in [0, 0.1) is 5.82 Å². The molecule has 1 heterocycles. The number of nitrogens with zero attached hydrogens (tertiary/aromatic N) is 1. The second-order valence-corrected chi connectivity index (χ2v) is 5.29. The zero-order valence-electron chi connectivity index (χ0n) is 11.0. The number of rotatable bonds is 5. The predicted molar refractivity (Wildman–Crippen MR) is 80.8 cm³/mol. The third-order valence-corrected chi connectivity index (χ3v) is 3.64. The molecule has 1 aromatic heterocycles. The second kappa shape index (κ2) is 7.02. The maximum absolute atomic E-state index is 14.0. The van der Waals surface area contributed by atoms with Crippen molar-refractivity contribution in [1.29, 1.82) is 0 Å². The fraction of sp³-hybridized carbons (Fsp3) is 0.267. The van der Waals surface area contributed by atoms with Crippen LogP contribution in [-0.4, -0.2) is 11.5 Å². The molecule has 2 rings (SSSR count). The van der Waals surface area contributed by atoms with E-state index in [2.05, 4.69) is 10.3 Å². The van der Waals surface area contributed by atoms with Crippen molar-refractivity contribution in [3.05, 3.63) is 63.6 Å². The third kappa shape index (κ3) is 3.69. The van der Waals surface area contributed by atoms with Crippen LogP contribution in [0.15, 0.2) is 36.7 Å². The van der Waals surface area contributed by atoms with Crippen LogP contribution in [-0.2, 0) is 6.42 Å². The van der Waals surface area contributed by atoms with E-state index in [0.717, 1.165) is 12.1 Å². The number of hydrogen-bond acceptors (Lipinski definition) is 2. The van der Waals surface area contributed by atoms with Gasteiger partial charge in [-0.25, -0.2) is 4.39 Å². The van der Waals surface area contributed by atoms with Crippen LogP contribution < -0.4 is 5.32 Å². The van der Waals surface area contributed by atoms with Crippen LogP contribution >= 0.6 is 23.2 Å². The first kappa shape index (κ1) is 15.2. The summed E-state index contributed by atoms with van der Waals surface area (Å²) in [7, 11) is 0. The minimum Gasteiger partial charge on any atom is -0.310 e. The highest BCUT2D eigenvalue weighted by molar-refractivity contribution is 6.31. The summed E-state index contributed by atoms with van der Waals surface area (Å²) in [6.07, 6.45) is 3.85. The maximum Gasteiger partial charge on any atom is 0.128 e. The molecule has 2 aromatic rings. The second-order valence-electron chi connectivity index (χ2n) is 4.45. The van der Waals surface area contributed by atoms with Gasteiger partial charge in [0.2, 0.25) is 0 Å². The number of pyridine rings is 1. The summed E-state index contributed by atoms with van der Waals surface area (Å²) in [6, 6.07) is 6.24. The Balaban J connectivity index is 2.32. The zero-order valence-corrected chi connectivity index (χ0v) is 12.5. The summed E-state index contributed by atoms with van der Waals surface area (Å²) >= 11 is 12.1. The van der Waals surface area contributed by atoms with Gasteiger partial charge in [-0.1, -0.05) is 30.1 Å². The molecule has 0 spiro atoms. The predicted octanol–water partition coefficient (Wildman–Crippen LogP) is 4.42. The van der Waals surface area contributed by atoms with Crippen LogP contribution in [0.4, 0.5) is 4.39 Å². The molecule has 20 heavy (non-hydrogen) atoms. The van der Waals surface area contributed by atoms with Gasteiger partial charge in [-0.2, -0.15) is 0 Å². The first-order valence-corrected chi connectivity index (χ1v) is 7.14. The first-order valence-electron chi connectivity index (χ1n) is 6.38. The number of benzene rings is 1. The molecule has 0 aliphatic heterocycles. The SMILES string of the molecule is CCNC(Cc1ccncc1Cl)c1cc(Cl)ccc1F. The molecule has 1 N–H and O–H groups in total. The molecule has 5 heteroatoms. The molecule has 0 saturated carbocycles. The van der Waals surface area contributed by atoms with Crippen molar-refractivity contribution in [2.24, 2.45) is 0 Å². The topological polar surface area (TPSA) is 24.9 Å². The Bertz CT molecular complexity index is 590. The summed E-state index contributed by atoms with van der Waals surface area (Å²) in [4.78, 5) is 3.96. The molecule has 0 saturated heterocycles. The van der Waals surface area contributed by atoms with Crippen LogP contribution in [0.1, 0.15) is 24.1 Å². The Morgan fingerprint density at radius 2 is 2.10 bits per heavy atom. The molecule has 0 amide bonds. The molecule has 0 fully saturated rings. The van der Waals surface area contributed by atoms with Crippen LogP contribution in [0.5, 0.6) is 0 Å². The highest BCUT2D eigenvalue weighted by Crippen LogP contribution is 2.26. The van der Waals surface area contributed by atoms with E-state index in [9.17, 15) is 4.39 Å². The number of hydrogen-bond donors (Lipinski definition) is 1. The molecule has 0 radical (unpaired) electrons. The molecular formula is C15H15Cl2FN2. The minimum absolute atomic E-state index is 0.182. The van der Waals surface area contributed by atoms with Crippen LogP contribution in [0.3, 0.4) is 0 Å². The number of likely N-dealkylation sites (N-methyl/N-ethyl adjacent to an activating group) is 1. The van der Waals surface area contributed by atoms with Crippen LogP contribution in [0.2, 0.25) is 10.0 Å². The molecule has 2 nitrogen and oxygen atoms in total. The van der Waals surface area contributed by atoms with Crippen molar-refractivity contribution in [3.8, 4) is 0 Å². The molecule has 0 aliphatic rings. The molecule has 0 aliphatic carbocycles. The third-order valence-electron chi connectivity index (χ3n) is 3.06. The fourth-order valence-electron chi connectivity index (χ4n) is 2.11. The first-order chi connectivity index (χ1) is 9.61. The summed E-state index contributed by atoms with van der Waals surface area (Å²) in [6.45, 7) is 2.70. The van der Waals surface area contributed by atoms with E-state index in [1.807, 2.05) is 13.0 Å². The molecule has 1 atom stereocenters. The minimum atomic E-state index is -0.273. The van der Waals surface area contributed by atoms with Gasteiger partial charge in [0.05, 0.1) is 5.02 Å². The Kier molecular flexibility index (Phi) is 5.35. The van der Waals surface area contributed by atoms with Gasteiger partial charge in [0, 0.05) is 29.0 Å². The van der Waals surface area contributed by atoms with Gasteiger partial charge in [0.25, 0.3) is 0 Å². The monoisotopic (exact) mass is 312 g/mol. The van der Waals surface area contributed by atoms with Gasteiger partial charge in [0.1, 0.15) is 5.82 Å². The normalized spacial score (nSPS) is 12.4. The largest absolute Gasteiger partial charge is 0.310 e. The van der Waals surface area contributed by atoms with Crippen molar-refractivity contribution in [2.75, 3.05) is 6.54 Å². The van der Waals surface area contributed by atoms with Gasteiger partial charge in [-0.3, -0.25) is 4.98 Å². The van der Waals surface area contributed by atoms with Gasteiger partial charge in [0.15, 0.2) is 0 Å². The van der Waals surface area contributed by atoms with Gasteiger partial charge in [-0.05, 0) is 42.8 Å². The van der Waals surface area contributed by atoms with Gasteiger partial charge < -0.3 is 5.32 Å². The number of aromatic nitrogens is 1. The maximum atomic E-state index is 14.0. The lowest BCUT2D eigenvalue weighted by Gasteiger charge is -2.20. The Morgan fingerprint density at radius 1 is 1.30 bits per heavy atom. The van der Waals surface area contributed by atoms with Crippen molar-refractivity contribution in [3.63, 3.8) is 0 Å². The van der Waals surface area contributed by atoms with Crippen molar-refractivity contribution < 1.29 is 4.39 Å². The van der Waals surface area contributed by atoms with Gasteiger partial charge in [-0.15, -0.1) is 0 Å². The fourth-order valence-corrected chi connectivity index (χ4v) is 2.49. The molecule has 106 valence electrons. The number of halogens is 3. The smallest absolute Gasteiger partial charge is 0.128 e. The highest BCUT2D eigenvalue weighted by atomic mass is 35.5. The van der Waals surface area contributed by atoms with Crippen molar-refractivity contribution in [1.82, 2.24) is 10.3 Å². The van der Waals surface area contributed by atoms with Gasteiger partial charge >= 0.3 is 0 Å². The summed E-state index contributed by atoms with van der Waals surface area (Å²) < 4.78 is 14.0. The van der Waals surface area contributed by atoms with E-state index < -0.39 is 0 Å². The molecule has 1 unspecified atom stereocenters. The molecular weight excluding hydrogens is 298 g/mol. The summed E-state index contributed by atoms with van der Waals surface area (Å²) in [5.41, 5.74) is 1.47. The summed E-state index contributed by atoms with van der Waals surface area (Å²) in [5, 5.41) is 4.36. The zero-order chi connectivity index (χ0) is 14.5. The Hall–Kier alpha value is -1.16. The lowest BCUT2D eigenvalue weighted by Crippen LogP contribution is -2.24. The average molecular weight is 313 g/mol. The lowest BCUT2D eigenvalue weighted by atomic mass is 9.99. The Morgan fingerprint density at radius 3 is 2.80 bits per heavy atom. The highest BCUT2D eigenvalue weighted by Gasteiger charge is 2.17. The average Bonchev–Trinajstić information content (AvgIpc) is 2.43. The van der Waals surface area contributed by atoms with E-state index in [1.54, 1.807) is 24.5 Å². The summed E-state index contributed by atoms with van der Waals surface area (Å²) in [5.74, 6) is -0.273. The quantitative estimate of drug-likeness (QED) is 0.884. The van der Waals surface area contributed by atoms with E-state index in [1.165, 1.54) is 6.07 Å².